The van der Waals surface area contributed by atoms with Crippen molar-refractivity contribution in [1.29, 1.82) is 0 Å². The lowest BCUT2D eigenvalue weighted by molar-refractivity contribution is -0.131. The van der Waals surface area contributed by atoms with E-state index in [4.69, 9.17) is 10.8 Å². The molecule has 0 unspecified atom stereocenters. The second kappa shape index (κ2) is 3.13. The van der Waals surface area contributed by atoms with Gasteiger partial charge in [-0.15, -0.1) is 0 Å². The van der Waals surface area contributed by atoms with E-state index in [2.05, 4.69) is 0 Å². The molecule has 1 aromatic rings. The minimum atomic E-state index is -0.963. The van der Waals surface area contributed by atoms with E-state index in [0.717, 1.165) is 11.8 Å². The van der Waals surface area contributed by atoms with Gasteiger partial charge in [0.1, 0.15) is 0 Å². The Balaban J connectivity index is 2.89. The van der Waals surface area contributed by atoms with E-state index < -0.39 is 5.97 Å². The molecule has 0 saturated carbocycles. The molecule has 0 bridgehead atoms. The third kappa shape index (κ3) is 1.88. The van der Waals surface area contributed by atoms with E-state index in [1.807, 2.05) is 0 Å². The van der Waals surface area contributed by atoms with Crippen molar-refractivity contribution in [2.75, 3.05) is 5.73 Å². The molecule has 4 nitrogen and oxygen atoms in total. The lowest BCUT2D eigenvalue weighted by Gasteiger charge is -1.92. The maximum Gasteiger partial charge on any atom is 0.328 e. The monoisotopic (exact) mass is 166 g/mol. The van der Waals surface area contributed by atoms with Crippen LogP contribution < -0.4 is 5.73 Å². The summed E-state index contributed by atoms with van der Waals surface area (Å²) in [6.45, 7) is 0. The zero-order valence-corrected chi connectivity index (χ0v) is 6.69. The highest BCUT2D eigenvalue weighted by molar-refractivity contribution is 5.85. The predicted octanol–water partition coefficient (Wildman–Crippen LogP) is 0.705. The fourth-order valence-corrected chi connectivity index (χ4v) is 0.930. The summed E-state index contributed by atoms with van der Waals surface area (Å²) in [5.41, 5.74) is 6.88. The highest BCUT2D eigenvalue weighted by atomic mass is 16.4. The van der Waals surface area contributed by atoms with Gasteiger partial charge in [-0.25, -0.2) is 4.79 Å². The number of hydrogen-bond donors (Lipinski definition) is 2. The quantitative estimate of drug-likeness (QED) is 0.635. The van der Waals surface area contributed by atoms with Crippen molar-refractivity contribution >= 4 is 17.7 Å². The van der Waals surface area contributed by atoms with Gasteiger partial charge in [0.05, 0.1) is 0 Å². The number of carboxylic acid groups (broad SMARTS) is 1. The Kier molecular flexibility index (Phi) is 2.19. The average Bonchev–Trinajstić information content (AvgIpc) is 2.26. The van der Waals surface area contributed by atoms with Crippen LogP contribution in [0.4, 0.5) is 5.69 Å². The standard InChI is InChI=1S/C8H10N2O2/c1-10-5-6(9)4-7(10)2-3-8(11)12/h2-5H,9H2,1H3,(H,11,12). The van der Waals surface area contributed by atoms with Gasteiger partial charge >= 0.3 is 5.97 Å². The highest BCUT2D eigenvalue weighted by Crippen LogP contribution is 2.09. The summed E-state index contributed by atoms with van der Waals surface area (Å²) >= 11 is 0. The van der Waals surface area contributed by atoms with Gasteiger partial charge in [-0.2, -0.15) is 0 Å². The third-order valence-electron chi connectivity index (χ3n) is 1.46. The Morgan fingerprint density at radius 2 is 2.42 bits per heavy atom. The lowest BCUT2D eigenvalue weighted by Crippen LogP contribution is -1.90. The molecule has 1 aromatic heterocycles. The van der Waals surface area contributed by atoms with Crippen molar-refractivity contribution in [3.8, 4) is 0 Å². The van der Waals surface area contributed by atoms with Crippen LogP contribution in [0.2, 0.25) is 0 Å². The molecule has 0 amide bonds. The topological polar surface area (TPSA) is 68.2 Å². The summed E-state index contributed by atoms with van der Waals surface area (Å²) in [6.07, 6.45) is 4.30. The number of aliphatic carboxylic acids is 1. The number of aromatic nitrogens is 1. The van der Waals surface area contributed by atoms with Gasteiger partial charge in [-0.3, -0.25) is 0 Å². The van der Waals surface area contributed by atoms with Crippen LogP contribution in [-0.4, -0.2) is 15.6 Å². The van der Waals surface area contributed by atoms with E-state index in [9.17, 15) is 4.79 Å². The largest absolute Gasteiger partial charge is 0.478 e. The van der Waals surface area contributed by atoms with Crippen molar-refractivity contribution in [1.82, 2.24) is 4.57 Å². The molecule has 1 rings (SSSR count). The zero-order valence-electron chi connectivity index (χ0n) is 6.69. The Labute approximate surface area is 69.9 Å². The number of nitrogens with two attached hydrogens (primary N) is 1. The maximum absolute atomic E-state index is 10.2. The summed E-state index contributed by atoms with van der Waals surface area (Å²) in [5.74, 6) is -0.963. The molecule has 12 heavy (non-hydrogen) atoms. The molecule has 0 aliphatic rings. The zero-order chi connectivity index (χ0) is 9.14. The Morgan fingerprint density at radius 3 is 2.83 bits per heavy atom. The normalized spacial score (nSPS) is 10.8. The van der Waals surface area contributed by atoms with Gasteiger partial charge in [0.25, 0.3) is 0 Å². The number of rotatable bonds is 2. The van der Waals surface area contributed by atoms with Crippen molar-refractivity contribution in [3.05, 3.63) is 24.0 Å². The Hall–Kier alpha value is -1.71. The van der Waals surface area contributed by atoms with Crippen LogP contribution in [0.3, 0.4) is 0 Å². The van der Waals surface area contributed by atoms with Crippen molar-refractivity contribution in [2.45, 2.75) is 0 Å². The van der Waals surface area contributed by atoms with Crippen LogP contribution in [0.5, 0.6) is 0 Å². The van der Waals surface area contributed by atoms with Crippen LogP contribution in [0.1, 0.15) is 5.69 Å². The van der Waals surface area contributed by atoms with Gasteiger partial charge in [0, 0.05) is 30.7 Å². The summed E-state index contributed by atoms with van der Waals surface area (Å²) < 4.78 is 1.76. The minimum absolute atomic E-state index is 0.627. The number of anilines is 1. The van der Waals surface area contributed by atoms with Gasteiger partial charge in [0.2, 0.25) is 0 Å². The van der Waals surface area contributed by atoms with E-state index in [0.29, 0.717) is 5.69 Å². The second-order valence-corrected chi connectivity index (χ2v) is 2.48. The van der Waals surface area contributed by atoms with Crippen LogP contribution >= 0.6 is 0 Å². The number of aryl methyl sites for hydroxylation is 1. The number of carboxylic acids is 1. The SMILES string of the molecule is Cn1cc(N)cc1C=CC(=O)O. The molecular formula is C8H10N2O2. The van der Waals surface area contributed by atoms with E-state index in [1.54, 1.807) is 23.9 Å². The molecule has 0 aliphatic carbocycles. The number of nitrogen functional groups attached to an aromatic ring is 1. The first kappa shape index (κ1) is 8.39. The predicted molar refractivity (Wildman–Crippen MR) is 46.5 cm³/mol. The minimum Gasteiger partial charge on any atom is -0.478 e. The molecule has 1 heterocycles. The third-order valence-corrected chi connectivity index (χ3v) is 1.46. The molecule has 0 saturated heterocycles. The molecule has 3 N–H and O–H groups in total. The first-order chi connectivity index (χ1) is 5.59. The smallest absolute Gasteiger partial charge is 0.328 e. The van der Waals surface area contributed by atoms with Gasteiger partial charge in [-0.1, -0.05) is 0 Å². The van der Waals surface area contributed by atoms with Gasteiger partial charge < -0.3 is 15.4 Å². The molecule has 0 aliphatic heterocycles. The Morgan fingerprint density at radius 1 is 1.75 bits per heavy atom. The average molecular weight is 166 g/mol. The molecule has 0 aromatic carbocycles. The molecule has 0 spiro atoms. The molecular weight excluding hydrogens is 156 g/mol. The van der Waals surface area contributed by atoms with Crippen molar-refractivity contribution < 1.29 is 9.90 Å². The summed E-state index contributed by atoms with van der Waals surface area (Å²) in [6, 6.07) is 1.71. The number of carbonyl (C=O) groups is 1. The number of hydrogen-bond acceptors (Lipinski definition) is 2. The molecule has 0 fully saturated rings. The van der Waals surface area contributed by atoms with Crippen LogP contribution in [0, 0.1) is 0 Å². The maximum atomic E-state index is 10.2. The van der Waals surface area contributed by atoms with E-state index in [1.165, 1.54) is 6.08 Å². The summed E-state index contributed by atoms with van der Waals surface area (Å²) in [4.78, 5) is 10.2. The van der Waals surface area contributed by atoms with E-state index in [-0.39, 0.29) is 0 Å². The van der Waals surface area contributed by atoms with Crippen LogP contribution in [0.25, 0.3) is 6.08 Å². The van der Waals surface area contributed by atoms with E-state index >= 15 is 0 Å². The highest BCUT2D eigenvalue weighted by Gasteiger charge is 1.96. The first-order valence-corrected chi connectivity index (χ1v) is 3.42. The molecule has 64 valence electrons. The Bertz CT molecular complexity index is 326. The fraction of sp³-hybridized carbons (Fsp3) is 0.125. The van der Waals surface area contributed by atoms with Crippen LogP contribution in [0.15, 0.2) is 18.3 Å². The van der Waals surface area contributed by atoms with Crippen LogP contribution in [-0.2, 0) is 11.8 Å². The number of nitrogens with zero attached hydrogens (tertiary/aromatic N) is 1. The fourth-order valence-electron chi connectivity index (χ4n) is 0.930. The van der Waals surface area contributed by atoms with Crippen molar-refractivity contribution in [2.24, 2.45) is 7.05 Å². The van der Waals surface area contributed by atoms with Crippen molar-refractivity contribution in [3.63, 3.8) is 0 Å². The molecule has 4 heteroatoms. The lowest BCUT2D eigenvalue weighted by atomic mass is 10.3. The van der Waals surface area contributed by atoms with Gasteiger partial charge in [-0.05, 0) is 12.1 Å². The first-order valence-electron chi connectivity index (χ1n) is 3.42. The summed E-state index contributed by atoms with van der Waals surface area (Å²) in [5, 5.41) is 8.35. The van der Waals surface area contributed by atoms with Gasteiger partial charge in [0.15, 0.2) is 0 Å². The summed E-state index contributed by atoms with van der Waals surface area (Å²) in [7, 11) is 1.80. The molecule has 0 atom stereocenters. The molecule has 0 radical (unpaired) electrons. The second-order valence-electron chi connectivity index (χ2n) is 2.48.